The van der Waals surface area contributed by atoms with Crippen LogP contribution in [0.2, 0.25) is 0 Å². The number of rotatable bonds is 2. The molecule has 1 aliphatic carbocycles. The molecule has 0 atom stereocenters. The summed E-state index contributed by atoms with van der Waals surface area (Å²) in [5.41, 5.74) is 1.48. The van der Waals surface area contributed by atoms with Crippen LogP contribution in [0.5, 0.6) is 0 Å². The fourth-order valence-corrected chi connectivity index (χ4v) is 2.40. The van der Waals surface area contributed by atoms with Crippen LogP contribution in [-0.2, 0) is 0 Å². The standard InChI is InChI=1S/C11H17N3/c1-2-9(1)11-7-13-8-14(11)10-3-5-12-6-4-10/h7-10,12H,1-6H2. The number of nitrogens with one attached hydrogen (secondary N) is 1. The van der Waals surface area contributed by atoms with E-state index in [0.717, 1.165) is 19.0 Å². The zero-order valence-electron chi connectivity index (χ0n) is 8.45. The van der Waals surface area contributed by atoms with Crippen molar-refractivity contribution in [2.24, 2.45) is 0 Å². The van der Waals surface area contributed by atoms with Crippen molar-refractivity contribution in [2.75, 3.05) is 13.1 Å². The number of hydrogen-bond donors (Lipinski definition) is 1. The number of imidazole rings is 1. The van der Waals surface area contributed by atoms with Crippen LogP contribution in [0.15, 0.2) is 12.5 Å². The van der Waals surface area contributed by atoms with Crippen LogP contribution in [0.4, 0.5) is 0 Å². The Morgan fingerprint density at radius 2 is 2.00 bits per heavy atom. The summed E-state index contributed by atoms with van der Waals surface area (Å²) in [7, 11) is 0. The summed E-state index contributed by atoms with van der Waals surface area (Å²) in [6, 6.07) is 0.703. The first-order valence-electron chi connectivity index (χ1n) is 5.67. The smallest absolute Gasteiger partial charge is 0.0950 e. The molecule has 1 N–H and O–H groups in total. The lowest BCUT2D eigenvalue weighted by Gasteiger charge is -2.25. The third-order valence-electron chi connectivity index (χ3n) is 3.39. The lowest BCUT2D eigenvalue weighted by Crippen LogP contribution is -2.29. The molecule has 2 heterocycles. The zero-order chi connectivity index (χ0) is 9.38. The summed E-state index contributed by atoms with van der Waals surface area (Å²) in [6.07, 6.45) is 9.36. The molecule has 0 radical (unpaired) electrons. The maximum absolute atomic E-state index is 4.30. The summed E-state index contributed by atoms with van der Waals surface area (Å²) in [6.45, 7) is 2.32. The van der Waals surface area contributed by atoms with Gasteiger partial charge < -0.3 is 9.88 Å². The van der Waals surface area contributed by atoms with Crippen molar-refractivity contribution < 1.29 is 0 Å². The van der Waals surface area contributed by atoms with Crippen molar-refractivity contribution in [3.8, 4) is 0 Å². The summed E-state index contributed by atoms with van der Waals surface area (Å²) in [4.78, 5) is 4.30. The minimum Gasteiger partial charge on any atom is -0.331 e. The van der Waals surface area contributed by atoms with Gasteiger partial charge in [0.2, 0.25) is 0 Å². The average Bonchev–Trinajstić information content (AvgIpc) is 2.98. The van der Waals surface area contributed by atoms with Crippen molar-refractivity contribution in [3.05, 3.63) is 18.2 Å². The Kier molecular flexibility index (Phi) is 2.05. The van der Waals surface area contributed by atoms with Crippen LogP contribution in [0.3, 0.4) is 0 Å². The molecule has 3 heteroatoms. The molecule has 1 saturated heterocycles. The third-order valence-corrected chi connectivity index (χ3v) is 3.39. The Morgan fingerprint density at radius 1 is 1.21 bits per heavy atom. The molecule has 2 aliphatic rings. The van der Waals surface area contributed by atoms with Crippen LogP contribution < -0.4 is 5.32 Å². The fraction of sp³-hybridized carbons (Fsp3) is 0.727. The molecule has 1 aromatic rings. The van der Waals surface area contributed by atoms with Crippen molar-refractivity contribution in [3.63, 3.8) is 0 Å². The van der Waals surface area contributed by atoms with E-state index in [0.29, 0.717) is 6.04 Å². The second kappa shape index (κ2) is 3.39. The van der Waals surface area contributed by atoms with E-state index in [1.165, 1.54) is 31.4 Å². The van der Waals surface area contributed by atoms with E-state index >= 15 is 0 Å². The molecular weight excluding hydrogens is 174 g/mol. The molecule has 3 rings (SSSR count). The van der Waals surface area contributed by atoms with E-state index in [9.17, 15) is 0 Å². The van der Waals surface area contributed by atoms with Gasteiger partial charge in [0.1, 0.15) is 0 Å². The number of piperidine rings is 1. The maximum atomic E-state index is 4.30. The zero-order valence-corrected chi connectivity index (χ0v) is 8.45. The van der Waals surface area contributed by atoms with Gasteiger partial charge in [-0.25, -0.2) is 4.98 Å². The lowest BCUT2D eigenvalue weighted by atomic mass is 10.1. The van der Waals surface area contributed by atoms with Crippen LogP contribution in [0.25, 0.3) is 0 Å². The largest absolute Gasteiger partial charge is 0.331 e. The van der Waals surface area contributed by atoms with Gasteiger partial charge in [0.05, 0.1) is 6.33 Å². The summed E-state index contributed by atoms with van der Waals surface area (Å²) in [5.74, 6) is 0.826. The number of hydrogen-bond acceptors (Lipinski definition) is 2. The van der Waals surface area contributed by atoms with E-state index in [1.54, 1.807) is 0 Å². The van der Waals surface area contributed by atoms with Crippen LogP contribution in [0.1, 0.15) is 43.3 Å². The van der Waals surface area contributed by atoms with Crippen molar-refractivity contribution in [2.45, 2.75) is 37.6 Å². The average molecular weight is 191 g/mol. The van der Waals surface area contributed by atoms with Crippen molar-refractivity contribution in [1.29, 1.82) is 0 Å². The quantitative estimate of drug-likeness (QED) is 0.771. The van der Waals surface area contributed by atoms with E-state index in [4.69, 9.17) is 0 Å². The van der Waals surface area contributed by atoms with Crippen LogP contribution >= 0.6 is 0 Å². The topological polar surface area (TPSA) is 29.9 Å². The van der Waals surface area contributed by atoms with Gasteiger partial charge in [-0.15, -0.1) is 0 Å². The van der Waals surface area contributed by atoms with Gasteiger partial charge in [-0.1, -0.05) is 0 Å². The van der Waals surface area contributed by atoms with Crippen LogP contribution in [-0.4, -0.2) is 22.6 Å². The molecule has 2 fully saturated rings. The summed E-state index contributed by atoms with van der Waals surface area (Å²) in [5, 5.41) is 3.41. The predicted octanol–water partition coefficient (Wildman–Crippen LogP) is 1.68. The summed E-state index contributed by atoms with van der Waals surface area (Å²) < 4.78 is 2.43. The highest BCUT2D eigenvalue weighted by atomic mass is 15.1. The lowest BCUT2D eigenvalue weighted by molar-refractivity contribution is 0.361. The van der Waals surface area contributed by atoms with E-state index in [1.807, 2.05) is 6.33 Å². The van der Waals surface area contributed by atoms with Gasteiger partial charge in [-0.3, -0.25) is 0 Å². The summed E-state index contributed by atoms with van der Waals surface area (Å²) >= 11 is 0. The normalized spacial score (nSPS) is 24.0. The second-order valence-electron chi connectivity index (χ2n) is 4.48. The van der Waals surface area contributed by atoms with Gasteiger partial charge >= 0.3 is 0 Å². The van der Waals surface area contributed by atoms with E-state index in [-0.39, 0.29) is 0 Å². The molecule has 76 valence electrons. The van der Waals surface area contributed by atoms with Gasteiger partial charge in [0.15, 0.2) is 0 Å². The van der Waals surface area contributed by atoms with E-state index in [2.05, 4.69) is 21.1 Å². The molecule has 0 spiro atoms. The first-order chi connectivity index (χ1) is 6.95. The first-order valence-corrected chi connectivity index (χ1v) is 5.67. The highest BCUT2D eigenvalue weighted by Crippen LogP contribution is 2.41. The molecular formula is C11H17N3. The molecule has 1 aliphatic heterocycles. The number of nitrogens with zero attached hydrogens (tertiary/aromatic N) is 2. The Morgan fingerprint density at radius 3 is 2.71 bits per heavy atom. The Bertz CT molecular complexity index is 308. The molecule has 0 unspecified atom stereocenters. The minimum atomic E-state index is 0.703. The third kappa shape index (κ3) is 1.46. The van der Waals surface area contributed by atoms with Gasteiger partial charge in [0, 0.05) is 23.9 Å². The maximum Gasteiger partial charge on any atom is 0.0950 e. The van der Waals surface area contributed by atoms with Crippen molar-refractivity contribution in [1.82, 2.24) is 14.9 Å². The minimum absolute atomic E-state index is 0.703. The molecule has 3 nitrogen and oxygen atoms in total. The molecule has 0 aromatic carbocycles. The van der Waals surface area contributed by atoms with E-state index < -0.39 is 0 Å². The fourth-order valence-electron chi connectivity index (χ4n) is 2.40. The first kappa shape index (κ1) is 8.48. The molecule has 14 heavy (non-hydrogen) atoms. The Hall–Kier alpha value is -0.830. The highest BCUT2D eigenvalue weighted by molar-refractivity contribution is 5.13. The predicted molar refractivity (Wildman–Crippen MR) is 55.3 cm³/mol. The SMILES string of the molecule is c1ncn(C2CCNCC2)c1C1CC1. The highest BCUT2D eigenvalue weighted by Gasteiger charge is 2.29. The van der Waals surface area contributed by atoms with Gasteiger partial charge in [-0.05, 0) is 38.8 Å². The monoisotopic (exact) mass is 191 g/mol. The second-order valence-corrected chi connectivity index (χ2v) is 4.48. The van der Waals surface area contributed by atoms with Gasteiger partial charge in [0.25, 0.3) is 0 Å². The molecule has 0 bridgehead atoms. The molecule has 1 saturated carbocycles. The van der Waals surface area contributed by atoms with Crippen LogP contribution in [0, 0.1) is 0 Å². The van der Waals surface area contributed by atoms with Crippen molar-refractivity contribution >= 4 is 0 Å². The molecule has 1 aromatic heterocycles. The Balaban J connectivity index is 1.82. The number of aromatic nitrogens is 2. The van der Waals surface area contributed by atoms with Gasteiger partial charge in [-0.2, -0.15) is 0 Å². The molecule has 0 amide bonds. The Labute approximate surface area is 84.5 Å².